The van der Waals surface area contributed by atoms with E-state index < -0.39 is 5.92 Å². The highest BCUT2D eigenvalue weighted by molar-refractivity contribution is 5.81. The molecule has 1 N–H and O–H groups in total. The van der Waals surface area contributed by atoms with Crippen LogP contribution in [0, 0.1) is 23.2 Å². The quantitative estimate of drug-likeness (QED) is 0.712. The van der Waals surface area contributed by atoms with E-state index in [1.165, 1.54) is 0 Å². The fourth-order valence-electron chi connectivity index (χ4n) is 1.49. The Labute approximate surface area is 79.1 Å². The fourth-order valence-corrected chi connectivity index (χ4v) is 1.49. The molecular weight excluding hydrogens is 164 g/mol. The molecule has 3 atom stereocenters. The van der Waals surface area contributed by atoms with E-state index >= 15 is 0 Å². The van der Waals surface area contributed by atoms with Gasteiger partial charge in [-0.15, -0.1) is 0 Å². The molecule has 0 spiro atoms. The van der Waals surface area contributed by atoms with Crippen molar-refractivity contribution in [3.05, 3.63) is 0 Å². The average molecular weight is 180 g/mol. The summed E-state index contributed by atoms with van der Waals surface area (Å²) in [6, 6.07) is 2.35. The van der Waals surface area contributed by atoms with Gasteiger partial charge in [0.2, 0.25) is 5.91 Å². The topological polar surface area (TPSA) is 52.9 Å². The highest BCUT2D eigenvalue weighted by atomic mass is 16.2. The maximum Gasteiger partial charge on any atom is 0.237 e. The largest absolute Gasteiger partial charge is 0.352 e. The summed E-state index contributed by atoms with van der Waals surface area (Å²) in [5.41, 5.74) is 0. The molecule has 1 aliphatic carbocycles. The Balaban J connectivity index is 2.30. The number of hydrogen-bond donors (Lipinski definition) is 1. The van der Waals surface area contributed by atoms with Crippen LogP contribution in [0.5, 0.6) is 0 Å². The van der Waals surface area contributed by atoms with Gasteiger partial charge in [-0.25, -0.2) is 0 Å². The van der Waals surface area contributed by atoms with Crippen LogP contribution in [0.15, 0.2) is 0 Å². The van der Waals surface area contributed by atoms with E-state index in [4.69, 9.17) is 5.26 Å². The Hall–Kier alpha value is -1.04. The molecule has 0 aromatic heterocycles. The summed E-state index contributed by atoms with van der Waals surface area (Å²) in [4.78, 5) is 11.4. The van der Waals surface area contributed by atoms with Crippen LogP contribution in [0.2, 0.25) is 0 Å². The summed E-state index contributed by atoms with van der Waals surface area (Å²) >= 11 is 0. The van der Waals surface area contributed by atoms with Crippen LogP contribution in [0.1, 0.15) is 33.1 Å². The maximum atomic E-state index is 11.4. The number of carbonyl (C=O) groups is 1. The van der Waals surface area contributed by atoms with Gasteiger partial charge >= 0.3 is 0 Å². The first kappa shape index (κ1) is 10.0. The van der Waals surface area contributed by atoms with Gasteiger partial charge < -0.3 is 5.32 Å². The standard InChI is InChI=1S/C10H16N2O/c1-3-7-5-9(7)12-10(13)8(4-2)6-11/h7-9H,3-5H2,1-2H3,(H,12,13). The molecule has 1 rings (SSSR count). The lowest BCUT2D eigenvalue weighted by atomic mass is 10.1. The SMILES string of the molecule is CCC(C#N)C(=O)NC1CC1CC. The van der Waals surface area contributed by atoms with Crippen molar-refractivity contribution in [2.24, 2.45) is 11.8 Å². The Morgan fingerprint density at radius 3 is 2.77 bits per heavy atom. The van der Waals surface area contributed by atoms with Crippen LogP contribution in [0.4, 0.5) is 0 Å². The number of nitriles is 1. The molecule has 72 valence electrons. The van der Waals surface area contributed by atoms with Crippen molar-refractivity contribution in [1.82, 2.24) is 5.32 Å². The summed E-state index contributed by atoms with van der Waals surface area (Å²) in [7, 11) is 0. The zero-order chi connectivity index (χ0) is 9.84. The predicted molar refractivity (Wildman–Crippen MR) is 49.7 cm³/mol. The smallest absolute Gasteiger partial charge is 0.237 e. The van der Waals surface area contributed by atoms with Crippen molar-refractivity contribution in [1.29, 1.82) is 5.26 Å². The molecule has 0 aliphatic heterocycles. The fraction of sp³-hybridized carbons (Fsp3) is 0.800. The molecule has 3 unspecified atom stereocenters. The minimum atomic E-state index is -0.460. The average Bonchev–Trinajstić information content (AvgIpc) is 2.85. The minimum Gasteiger partial charge on any atom is -0.352 e. The monoisotopic (exact) mass is 180 g/mol. The summed E-state index contributed by atoms with van der Waals surface area (Å²) in [6.07, 6.45) is 2.81. The third kappa shape index (κ3) is 2.45. The summed E-state index contributed by atoms with van der Waals surface area (Å²) in [5.74, 6) is 0.101. The Kier molecular flexibility index (Phi) is 3.30. The Bertz CT molecular complexity index is 232. The second-order valence-electron chi connectivity index (χ2n) is 3.61. The molecule has 0 aromatic carbocycles. The van der Waals surface area contributed by atoms with Gasteiger partial charge in [0.15, 0.2) is 0 Å². The highest BCUT2D eigenvalue weighted by Gasteiger charge is 2.37. The molecule has 1 aliphatic rings. The summed E-state index contributed by atoms with van der Waals surface area (Å²) < 4.78 is 0. The number of carbonyl (C=O) groups excluding carboxylic acids is 1. The molecule has 0 radical (unpaired) electrons. The highest BCUT2D eigenvalue weighted by Crippen LogP contribution is 2.33. The second kappa shape index (κ2) is 4.27. The summed E-state index contributed by atoms with van der Waals surface area (Å²) in [6.45, 7) is 3.98. The van der Waals surface area contributed by atoms with Gasteiger partial charge in [0.25, 0.3) is 0 Å². The van der Waals surface area contributed by atoms with Crippen molar-refractivity contribution in [3.8, 4) is 6.07 Å². The van der Waals surface area contributed by atoms with Crippen molar-refractivity contribution < 1.29 is 4.79 Å². The molecule has 0 saturated heterocycles. The molecule has 13 heavy (non-hydrogen) atoms. The lowest BCUT2D eigenvalue weighted by Crippen LogP contribution is -2.32. The molecular formula is C10H16N2O. The van der Waals surface area contributed by atoms with Crippen LogP contribution < -0.4 is 5.32 Å². The predicted octanol–water partition coefficient (Wildman–Crippen LogP) is 1.45. The summed E-state index contributed by atoms with van der Waals surface area (Å²) in [5, 5.41) is 11.5. The van der Waals surface area contributed by atoms with Crippen molar-refractivity contribution in [2.45, 2.75) is 39.2 Å². The van der Waals surface area contributed by atoms with Gasteiger partial charge in [-0.1, -0.05) is 20.3 Å². The normalized spacial score (nSPS) is 27.5. The van der Waals surface area contributed by atoms with E-state index in [-0.39, 0.29) is 5.91 Å². The zero-order valence-corrected chi connectivity index (χ0v) is 8.21. The second-order valence-corrected chi connectivity index (χ2v) is 3.61. The number of nitrogens with zero attached hydrogens (tertiary/aromatic N) is 1. The van der Waals surface area contributed by atoms with E-state index in [0.29, 0.717) is 18.4 Å². The van der Waals surface area contributed by atoms with Crippen LogP contribution >= 0.6 is 0 Å². The number of nitrogens with one attached hydrogen (secondary N) is 1. The van der Waals surface area contributed by atoms with Crippen LogP contribution in [0.25, 0.3) is 0 Å². The number of hydrogen-bond acceptors (Lipinski definition) is 2. The maximum absolute atomic E-state index is 11.4. The molecule has 3 heteroatoms. The first-order valence-electron chi connectivity index (χ1n) is 4.92. The number of amides is 1. The van der Waals surface area contributed by atoms with E-state index in [0.717, 1.165) is 12.8 Å². The van der Waals surface area contributed by atoms with Gasteiger partial charge in [0, 0.05) is 6.04 Å². The minimum absolute atomic E-state index is 0.0917. The molecule has 1 fully saturated rings. The van der Waals surface area contributed by atoms with Gasteiger partial charge in [-0.2, -0.15) is 5.26 Å². The van der Waals surface area contributed by atoms with Gasteiger partial charge in [0.1, 0.15) is 5.92 Å². The van der Waals surface area contributed by atoms with Crippen molar-refractivity contribution in [3.63, 3.8) is 0 Å². The van der Waals surface area contributed by atoms with Crippen molar-refractivity contribution in [2.75, 3.05) is 0 Å². The molecule has 3 nitrogen and oxygen atoms in total. The van der Waals surface area contributed by atoms with Crippen molar-refractivity contribution >= 4 is 5.91 Å². The molecule has 0 bridgehead atoms. The third-order valence-corrected chi connectivity index (χ3v) is 2.66. The van der Waals surface area contributed by atoms with Crippen LogP contribution in [-0.2, 0) is 4.79 Å². The molecule has 1 saturated carbocycles. The van der Waals surface area contributed by atoms with E-state index in [9.17, 15) is 4.79 Å². The van der Waals surface area contributed by atoms with E-state index in [1.807, 2.05) is 13.0 Å². The van der Waals surface area contributed by atoms with Gasteiger partial charge in [-0.3, -0.25) is 4.79 Å². The zero-order valence-electron chi connectivity index (χ0n) is 8.21. The molecule has 1 amide bonds. The van der Waals surface area contributed by atoms with E-state index in [2.05, 4.69) is 12.2 Å². The van der Waals surface area contributed by atoms with Gasteiger partial charge in [-0.05, 0) is 18.8 Å². The Morgan fingerprint density at radius 1 is 1.69 bits per heavy atom. The molecule has 0 heterocycles. The lowest BCUT2D eigenvalue weighted by molar-refractivity contribution is -0.123. The van der Waals surface area contributed by atoms with Crippen LogP contribution in [0.3, 0.4) is 0 Å². The third-order valence-electron chi connectivity index (χ3n) is 2.66. The number of rotatable bonds is 4. The first-order valence-corrected chi connectivity index (χ1v) is 4.92. The first-order chi connectivity index (χ1) is 6.22. The van der Waals surface area contributed by atoms with E-state index in [1.54, 1.807) is 0 Å². The lowest BCUT2D eigenvalue weighted by Gasteiger charge is -2.06. The van der Waals surface area contributed by atoms with Crippen LogP contribution in [-0.4, -0.2) is 11.9 Å². The molecule has 0 aromatic rings. The van der Waals surface area contributed by atoms with Gasteiger partial charge in [0.05, 0.1) is 6.07 Å². The Morgan fingerprint density at radius 2 is 2.38 bits per heavy atom.